The first-order valence-electron chi connectivity index (χ1n) is 4.91. The summed E-state index contributed by atoms with van der Waals surface area (Å²) in [5, 5.41) is 1.74. The van der Waals surface area contributed by atoms with E-state index in [4.69, 9.17) is 23.2 Å². The van der Waals surface area contributed by atoms with Gasteiger partial charge in [0.15, 0.2) is 0 Å². The van der Waals surface area contributed by atoms with E-state index in [1.165, 1.54) is 0 Å². The molecule has 0 saturated carbocycles. The van der Waals surface area contributed by atoms with E-state index in [1.807, 2.05) is 24.3 Å². The van der Waals surface area contributed by atoms with Crippen LogP contribution in [-0.4, -0.2) is 0 Å². The molecule has 0 aliphatic heterocycles. The number of hydrogen-bond acceptors (Lipinski definition) is 2. The van der Waals surface area contributed by atoms with E-state index in [1.54, 1.807) is 21.6 Å². The normalized spacial score (nSPS) is 15.6. The van der Waals surface area contributed by atoms with Crippen molar-refractivity contribution in [2.24, 2.45) is 0 Å². The van der Waals surface area contributed by atoms with Crippen molar-refractivity contribution in [2.45, 2.75) is 17.7 Å². The average Bonchev–Trinajstić information content (AvgIpc) is 2.30. The van der Waals surface area contributed by atoms with Crippen LogP contribution in [0, 0.1) is 0 Å². The van der Waals surface area contributed by atoms with E-state index in [0.717, 1.165) is 32.7 Å². The zero-order valence-electron chi connectivity index (χ0n) is 8.45. The minimum Gasteiger partial charge on any atom is -0.0879 e. The van der Waals surface area contributed by atoms with Crippen LogP contribution in [0.25, 0.3) is 0 Å². The summed E-state index contributed by atoms with van der Waals surface area (Å²) in [6, 6.07) is 7.84. The molecule has 1 aliphatic rings. The van der Waals surface area contributed by atoms with Crippen LogP contribution in [0.5, 0.6) is 0 Å². The SMILES string of the molecule is ClC1=C(SSc2ccccc2Cl)C=CCC1. The van der Waals surface area contributed by atoms with Crippen molar-refractivity contribution >= 4 is 44.8 Å². The minimum absolute atomic E-state index is 0.788. The molecular weight excluding hydrogens is 279 g/mol. The van der Waals surface area contributed by atoms with Crippen LogP contribution in [0.1, 0.15) is 12.8 Å². The molecular formula is C12H10Cl2S2. The molecule has 0 saturated heterocycles. The molecule has 0 aromatic heterocycles. The van der Waals surface area contributed by atoms with E-state index in [-0.39, 0.29) is 0 Å². The van der Waals surface area contributed by atoms with Gasteiger partial charge in [-0.1, -0.05) is 69.1 Å². The van der Waals surface area contributed by atoms with Crippen LogP contribution >= 0.6 is 44.8 Å². The van der Waals surface area contributed by atoms with Crippen LogP contribution in [-0.2, 0) is 0 Å². The van der Waals surface area contributed by atoms with Crippen LogP contribution in [0.15, 0.2) is 51.3 Å². The van der Waals surface area contributed by atoms with Gasteiger partial charge < -0.3 is 0 Å². The van der Waals surface area contributed by atoms with Crippen molar-refractivity contribution < 1.29 is 0 Å². The van der Waals surface area contributed by atoms with Gasteiger partial charge in [0.1, 0.15) is 0 Å². The van der Waals surface area contributed by atoms with Gasteiger partial charge in [-0.15, -0.1) is 0 Å². The Balaban J connectivity index is 2.03. The Bertz CT molecular complexity index is 438. The molecule has 1 aromatic carbocycles. The highest BCUT2D eigenvalue weighted by Gasteiger charge is 2.08. The molecule has 0 amide bonds. The summed E-state index contributed by atoms with van der Waals surface area (Å²) in [4.78, 5) is 2.21. The lowest BCUT2D eigenvalue weighted by atomic mass is 10.2. The van der Waals surface area contributed by atoms with E-state index in [0.29, 0.717) is 0 Å². The third kappa shape index (κ3) is 3.24. The molecule has 0 nitrogen and oxygen atoms in total. The first-order valence-corrected chi connectivity index (χ1v) is 7.82. The number of halogens is 2. The maximum Gasteiger partial charge on any atom is 0.0550 e. The van der Waals surface area contributed by atoms with Gasteiger partial charge in [0, 0.05) is 14.8 Å². The molecule has 0 spiro atoms. The van der Waals surface area contributed by atoms with Gasteiger partial charge in [-0.25, -0.2) is 0 Å². The third-order valence-corrected chi connectivity index (χ3v) is 5.58. The molecule has 1 aliphatic carbocycles. The van der Waals surface area contributed by atoms with E-state index in [9.17, 15) is 0 Å². The summed E-state index contributed by atoms with van der Waals surface area (Å²) < 4.78 is 0. The topological polar surface area (TPSA) is 0 Å². The Morgan fingerprint density at radius 2 is 1.88 bits per heavy atom. The monoisotopic (exact) mass is 288 g/mol. The van der Waals surface area contributed by atoms with Crippen molar-refractivity contribution in [2.75, 3.05) is 0 Å². The largest absolute Gasteiger partial charge is 0.0879 e. The van der Waals surface area contributed by atoms with Gasteiger partial charge in [-0.3, -0.25) is 0 Å². The summed E-state index contributed by atoms with van der Waals surface area (Å²) in [5.74, 6) is 0. The van der Waals surface area contributed by atoms with Crippen LogP contribution < -0.4 is 0 Å². The van der Waals surface area contributed by atoms with E-state index in [2.05, 4.69) is 12.2 Å². The minimum atomic E-state index is 0.788. The third-order valence-electron chi connectivity index (χ3n) is 2.12. The fourth-order valence-corrected chi connectivity index (χ4v) is 4.35. The molecule has 0 fully saturated rings. The van der Waals surface area contributed by atoms with Crippen molar-refractivity contribution in [3.8, 4) is 0 Å². The highest BCUT2D eigenvalue weighted by atomic mass is 35.5. The molecule has 1 aromatic rings. The van der Waals surface area contributed by atoms with Gasteiger partial charge in [-0.2, -0.15) is 0 Å². The second-order valence-corrected chi connectivity index (χ2v) is 6.38. The van der Waals surface area contributed by atoms with Crippen molar-refractivity contribution in [3.05, 3.63) is 51.4 Å². The molecule has 0 radical (unpaired) electrons. The number of hydrogen-bond donors (Lipinski definition) is 0. The van der Waals surface area contributed by atoms with Gasteiger partial charge in [-0.05, 0) is 25.0 Å². The lowest BCUT2D eigenvalue weighted by Gasteiger charge is -2.09. The smallest absolute Gasteiger partial charge is 0.0550 e. The second kappa shape index (κ2) is 6.06. The Kier molecular flexibility index (Phi) is 4.71. The molecule has 0 N–H and O–H groups in total. The maximum atomic E-state index is 6.15. The first kappa shape index (κ1) is 12.4. The number of allylic oxidation sites excluding steroid dienone is 3. The summed E-state index contributed by atoms with van der Waals surface area (Å²) in [6.07, 6.45) is 6.23. The lowest BCUT2D eigenvalue weighted by Crippen LogP contribution is -1.84. The predicted molar refractivity (Wildman–Crippen MR) is 76.2 cm³/mol. The Morgan fingerprint density at radius 3 is 2.62 bits per heavy atom. The summed E-state index contributed by atoms with van der Waals surface area (Å²) >= 11 is 12.2. The highest BCUT2D eigenvalue weighted by Crippen LogP contribution is 2.43. The van der Waals surface area contributed by atoms with Crippen LogP contribution in [0.4, 0.5) is 0 Å². The first-order chi connectivity index (χ1) is 7.77. The standard InChI is InChI=1S/C12H10Cl2S2/c13-9-5-1-3-7-11(9)15-16-12-8-4-2-6-10(12)14/h1,3-5,7-8H,2,6H2. The molecule has 0 unspecified atom stereocenters. The quantitative estimate of drug-likeness (QED) is 0.637. The summed E-state index contributed by atoms with van der Waals surface area (Å²) in [6.45, 7) is 0. The average molecular weight is 289 g/mol. The zero-order chi connectivity index (χ0) is 11.4. The number of benzene rings is 1. The molecule has 0 atom stereocenters. The Morgan fingerprint density at radius 1 is 1.06 bits per heavy atom. The summed E-state index contributed by atoms with van der Waals surface area (Å²) in [7, 11) is 3.31. The van der Waals surface area contributed by atoms with E-state index >= 15 is 0 Å². The molecule has 84 valence electrons. The van der Waals surface area contributed by atoms with E-state index < -0.39 is 0 Å². The zero-order valence-corrected chi connectivity index (χ0v) is 11.6. The van der Waals surface area contributed by atoms with Gasteiger partial charge in [0.05, 0.1) is 5.02 Å². The van der Waals surface area contributed by atoms with Crippen molar-refractivity contribution in [3.63, 3.8) is 0 Å². The Hall–Kier alpha value is -0.0200. The molecule has 0 bridgehead atoms. The van der Waals surface area contributed by atoms with Gasteiger partial charge in [0.25, 0.3) is 0 Å². The summed E-state index contributed by atoms with van der Waals surface area (Å²) in [5.41, 5.74) is 0. The Labute approximate surface area is 113 Å². The fourth-order valence-electron chi connectivity index (χ4n) is 1.29. The highest BCUT2D eigenvalue weighted by molar-refractivity contribution is 8.78. The van der Waals surface area contributed by atoms with Gasteiger partial charge in [0.2, 0.25) is 0 Å². The molecule has 2 rings (SSSR count). The maximum absolute atomic E-state index is 6.15. The molecule has 4 heteroatoms. The van der Waals surface area contributed by atoms with Crippen LogP contribution in [0.2, 0.25) is 5.02 Å². The number of rotatable bonds is 3. The van der Waals surface area contributed by atoms with Gasteiger partial charge >= 0.3 is 0 Å². The second-order valence-electron chi connectivity index (χ2n) is 3.31. The van der Waals surface area contributed by atoms with Crippen LogP contribution in [0.3, 0.4) is 0 Å². The van der Waals surface area contributed by atoms with Crippen molar-refractivity contribution in [1.29, 1.82) is 0 Å². The predicted octanol–water partition coefficient (Wildman–Crippen LogP) is 5.88. The molecule has 0 heterocycles. The lowest BCUT2D eigenvalue weighted by molar-refractivity contribution is 1.01. The van der Waals surface area contributed by atoms with Crippen molar-refractivity contribution in [1.82, 2.24) is 0 Å². The molecule has 16 heavy (non-hydrogen) atoms. The fraction of sp³-hybridized carbons (Fsp3) is 0.167.